The molecule has 1 saturated carbocycles. The first-order valence-electron chi connectivity index (χ1n) is 7.01. The Morgan fingerprint density at radius 1 is 1.32 bits per heavy atom. The maximum atomic E-state index is 12.2. The Kier molecular flexibility index (Phi) is 3.58. The molecule has 1 aliphatic carbocycles. The molecule has 0 radical (unpaired) electrons. The van der Waals surface area contributed by atoms with Crippen molar-refractivity contribution >= 4 is 11.8 Å². The smallest absolute Gasteiger partial charge is 0.307 e. The van der Waals surface area contributed by atoms with Gasteiger partial charge in [0.2, 0.25) is 5.78 Å². The molecule has 22 heavy (non-hydrogen) atoms. The maximum absolute atomic E-state index is 12.2. The number of carboxylic acids is 1. The summed E-state index contributed by atoms with van der Waals surface area (Å²) in [5.74, 6) is -1.47. The summed E-state index contributed by atoms with van der Waals surface area (Å²) in [5.41, 5.74) is 1.78. The molecule has 0 bridgehead atoms. The Bertz CT molecular complexity index is 749. The number of aliphatic carboxylic acids is 1. The molecule has 0 spiro atoms. The predicted octanol–water partition coefficient (Wildman–Crippen LogP) is 2.04. The van der Waals surface area contributed by atoms with E-state index in [1.54, 1.807) is 17.7 Å². The van der Waals surface area contributed by atoms with Crippen LogP contribution in [0.3, 0.4) is 0 Å². The zero-order chi connectivity index (χ0) is 15.7. The number of rotatable bonds is 5. The maximum Gasteiger partial charge on any atom is 0.307 e. The number of allylic oxidation sites excluding steroid dienone is 2. The zero-order valence-corrected chi connectivity index (χ0v) is 12.0. The normalized spacial score (nSPS) is 20.2. The van der Waals surface area contributed by atoms with Crippen molar-refractivity contribution in [3.05, 3.63) is 53.9 Å². The lowest BCUT2D eigenvalue weighted by Crippen LogP contribution is -2.02. The van der Waals surface area contributed by atoms with Gasteiger partial charge in [-0.2, -0.15) is 0 Å². The van der Waals surface area contributed by atoms with Gasteiger partial charge in [-0.3, -0.25) is 9.59 Å². The fraction of sp³-hybridized carbons (Fsp3) is 0.250. The number of para-hydroxylation sites is 1. The van der Waals surface area contributed by atoms with E-state index in [-0.39, 0.29) is 23.3 Å². The van der Waals surface area contributed by atoms with Crippen LogP contribution in [0, 0.1) is 18.8 Å². The number of carbonyl (C=O) groups excluding carboxylic acids is 1. The van der Waals surface area contributed by atoms with Gasteiger partial charge in [0.25, 0.3) is 0 Å². The van der Waals surface area contributed by atoms with E-state index in [0.717, 1.165) is 5.69 Å². The topological polar surface area (TPSA) is 85.1 Å². The first-order valence-corrected chi connectivity index (χ1v) is 7.01. The van der Waals surface area contributed by atoms with Gasteiger partial charge < -0.3 is 5.11 Å². The van der Waals surface area contributed by atoms with E-state index < -0.39 is 5.97 Å². The van der Waals surface area contributed by atoms with Gasteiger partial charge in [-0.1, -0.05) is 29.5 Å². The quantitative estimate of drug-likeness (QED) is 0.674. The van der Waals surface area contributed by atoms with E-state index in [4.69, 9.17) is 5.11 Å². The number of hydrogen-bond acceptors (Lipinski definition) is 4. The molecule has 6 nitrogen and oxygen atoms in total. The standard InChI is InChI=1S/C16H15N3O3/c1-10-15(14(20)8-7-11-9-13(11)16(21)22)17-18-19(10)12-5-3-2-4-6-12/h2-8,11,13H,9H2,1H3,(H,21,22)/b8-7+/t11-,13-/m1/s1. The number of nitrogens with zero attached hydrogens (tertiary/aromatic N) is 3. The van der Waals surface area contributed by atoms with Crippen LogP contribution in [0.25, 0.3) is 5.69 Å². The molecule has 1 N–H and O–H groups in total. The van der Waals surface area contributed by atoms with Crippen molar-refractivity contribution in [1.82, 2.24) is 15.0 Å². The van der Waals surface area contributed by atoms with Crippen LogP contribution in [-0.2, 0) is 4.79 Å². The van der Waals surface area contributed by atoms with Gasteiger partial charge in [0.1, 0.15) is 0 Å². The highest BCUT2D eigenvalue weighted by atomic mass is 16.4. The highest BCUT2D eigenvalue weighted by Crippen LogP contribution is 2.39. The van der Waals surface area contributed by atoms with Crippen molar-refractivity contribution in [2.24, 2.45) is 11.8 Å². The van der Waals surface area contributed by atoms with Crippen LogP contribution in [0.1, 0.15) is 22.6 Å². The molecule has 112 valence electrons. The minimum atomic E-state index is -0.812. The Morgan fingerprint density at radius 3 is 2.68 bits per heavy atom. The van der Waals surface area contributed by atoms with Gasteiger partial charge in [-0.15, -0.1) is 5.10 Å². The first kappa shape index (κ1) is 14.2. The first-order chi connectivity index (χ1) is 10.6. The number of carboxylic acid groups (broad SMARTS) is 1. The van der Waals surface area contributed by atoms with E-state index in [9.17, 15) is 9.59 Å². The van der Waals surface area contributed by atoms with E-state index in [2.05, 4.69) is 10.3 Å². The van der Waals surface area contributed by atoms with Crippen LogP contribution in [-0.4, -0.2) is 31.9 Å². The number of benzene rings is 1. The summed E-state index contributed by atoms with van der Waals surface area (Å²) in [4.78, 5) is 22.9. The third-order valence-corrected chi connectivity index (χ3v) is 3.78. The van der Waals surface area contributed by atoms with Crippen molar-refractivity contribution in [3.63, 3.8) is 0 Å². The van der Waals surface area contributed by atoms with E-state index in [1.165, 1.54) is 6.08 Å². The SMILES string of the molecule is Cc1c(C(=O)/C=C/[C@@H]2C[C@H]2C(=O)O)nnn1-c1ccccc1. The summed E-state index contributed by atoms with van der Waals surface area (Å²) >= 11 is 0. The van der Waals surface area contributed by atoms with Gasteiger partial charge in [-0.25, -0.2) is 4.68 Å². The van der Waals surface area contributed by atoms with E-state index >= 15 is 0 Å². The lowest BCUT2D eigenvalue weighted by Gasteiger charge is -2.01. The molecule has 0 aliphatic heterocycles. The third kappa shape index (κ3) is 2.67. The van der Waals surface area contributed by atoms with E-state index in [1.807, 2.05) is 30.3 Å². The Hall–Kier alpha value is -2.76. The molecule has 1 aromatic carbocycles. The number of ketones is 1. The van der Waals surface area contributed by atoms with Crippen molar-refractivity contribution in [2.75, 3.05) is 0 Å². The third-order valence-electron chi connectivity index (χ3n) is 3.78. The van der Waals surface area contributed by atoms with Crippen LogP contribution < -0.4 is 0 Å². The summed E-state index contributed by atoms with van der Waals surface area (Å²) in [7, 11) is 0. The molecule has 0 unspecified atom stereocenters. The number of aromatic nitrogens is 3. The second kappa shape index (κ2) is 5.55. The fourth-order valence-corrected chi connectivity index (χ4v) is 2.37. The summed E-state index contributed by atoms with van der Waals surface area (Å²) in [6, 6.07) is 9.44. The number of hydrogen-bond donors (Lipinski definition) is 1. The molecular weight excluding hydrogens is 282 g/mol. The van der Waals surface area contributed by atoms with E-state index in [0.29, 0.717) is 12.1 Å². The second-order valence-corrected chi connectivity index (χ2v) is 5.34. The average molecular weight is 297 g/mol. The van der Waals surface area contributed by atoms with Gasteiger partial charge >= 0.3 is 5.97 Å². The predicted molar refractivity (Wildman–Crippen MR) is 78.8 cm³/mol. The van der Waals surface area contributed by atoms with Crippen LogP contribution in [0.15, 0.2) is 42.5 Å². The van der Waals surface area contributed by atoms with Gasteiger partial charge in [-0.05, 0) is 37.5 Å². The van der Waals surface area contributed by atoms with Crippen molar-refractivity contribution in [3.8, 4) is 5.69 Å². The molecule has 2 atom stereocenters. The molecule has 3 rings (SSSR count). The number of carbonyl (C=O) groups is 2. The lowest BCUT2D eigenvalue weighted by atomic mass is 10.2. The Balaban J connectivity index is 1.76. The minimum absolute atomic E-state index is 0.0501. The summed E-state index contributed by atoms with van der Waals surface area (Å²) in [6.45, 7) is 1.78. The Morgan fingerprint density at radius 2 is 2.05 bits per heavy atom. The highest BCUT2D eigenvalue weighted by Gasteiger charge is 2.41. The molecule has 0 amide bonds. The summed E-state index contributed by atoms with van der Waals surface area (Å²) in [5, 5.41) is 16.8. The molecule has 2 aromatic rings. The summed E-state index contributed by atoms with van der Waals surface area (Å²) < 4.78 is 1.61. The largest absolute Gasteiger partial charge is 0.481 e. The molecular formula is C16H15N3O3. The molecule has 0 saturated heterocycles. The van der Waals surface area contributed by atoms with Gasteiger partial charge in [0.05, 0.1) is 17.3 Å². The molecule has 1 heterocycles. The lowest BCUT2D eigenvalue weighted by molar-refractivity contribution is -0.138. The monoisotopic (exact) mass is 297 g/mol. The second-order valence-electron chi connectivity index (χ2n) is 5.34. The van der Waals surface area contributed by atoms with Crippen LogP contribution in [0.4, 0.5) is 0 Å². The molecule has 1 aliphatic rings. The van der Waals surface area contributed by atoms with Crippen molar-refractivity contribution in [2.45, 2.75) is 13.3 Å². The highest BCUT2D eigenvalue weighted by molar-refractivity contribution is 6.03. The van der Waals surface area contributed by atoms with Gasteiger partial charge in [0.15, 0.2) is 5.69 Å². The Labute approximate surface area is 127 Å². The van der Waals surface area contributed by atoms with Crippen molar-refractivity contribution < 1.29 is 14.7 Å². The molecule has 1 aromatic heterocycles. The zero-order valence-electron chi connectivity index (χ0n) is 12.0. The van der Waals surface area contributed by atoms with Crippen molar-refractivity contribution in [1.29, 1.82) is 0 Å². The van der Waals surface area contributed by atoms with Crippen LogP contribution >= 0.6 is 0 Å². The summed E-state index contributed by atoms with van der Waals surface area (Å²) in [6.07, 6.45) is 3.65. The average Bonchev–Trinajstić information content (AvgIpc) is 3.21. The van der Waals surface area contributed by atoms with Crippen LogP contribution in [0.5, 0.6) is 0 Å². The van der Waals surface area contributed by atoms with Crippen LogP contribution in [0.2, 0.25) is 0 Å². The minimum Gasteiger partial charge on any atom is -0.481 e. The fourth-order valence-electron chi connectivity index (χ4n) is 2.37. The van der Waals surface area contributed by atoms with Gasteiger partial charge in [0, 0.05) is 0 Å². The molecule has 1 fully saturated rings. The molecule has 6 heteroatoms.